The molecule has 2 aliphatic heterocycles. The summed E-state index contributed by atoms with van der Waals surface area (Å²) in [5.41, 5.74) is -0.649. The van der Waals surface area contributed by atoms with Crippen LogP contribution in [0.1, 0.15) is 47.0 Å². The van der Waals surface area contributed by atoms with Crippen LogP contribution in [0, 0.1) is 5.92 Å². The van der Waals surface area contributed by atoms with Crippen LogP contribution in [0.2, 0.25) is 0 Å². The fourth-order valence-electron chi connectivity index (χ4n) is 3.38. The fourth-order valence-corrected chi connectivity index (χ4v) is 3.38. The van der Waals surface area contributed by atoms with Crippen molar-refractivity contribution in [2.75, 3.05) is 40.0 Å². The van der Waals surface area contributed by atoms with Gasteiger partial charge in [0.2, 0.25) is 0 Å². The lowest BCUT2D eigenvalue weighted by molar-refractivity contribution is -0.0636. The Labute approximate surface area is 146 Å². The van der Waals surface area contributed by atoms with Gasteiger partial charge in [-0.2, -0.15) is 0 Å². The van der Waals surface area contributed by atoms with Gasteiger partial charge in [-0.05, 0) is 46.0 Å². The second-order valence-corrected chi connectivity index (χ2v) is 8.18. The third kappa shape index (κ3) is 5.33. The molecular formula is C18H34N2O4. The number of ether oxygens (including phenoxy) is 3. The van der Waals surface area contributed by atoms with E-state index in [9.17, 15) is 4.79 Å². The van der Waals surface area contributed by atoms with E-state index in [4.69, 9.17) is 14.2 Å². The highest BCUT2D eigenvalue weighted by molar-refractivity contribution is 5.68. The quantitative estimate of drug-likeness (QED) is 0.850. The molecule has 0 saturated carbocycles. The number of nitrogens with one attached hydrogen (secondary N) is 1. The molecule has 2 heterocycles. The Kier molecular flexibility index (Phi) is 6.51. The van der Waals surface area contributed by atoms with Gasteiger partial charge >= 0.3 is 6.09 Å². The molecule has 0 aromatic heterocycles. The molecule has 0 aromatic rings. The highest BCUT2D eigenvalue weighted by Gasteiger charge is 2.38. The first-order valence-electron chi connectivity index (χ1n) is 9.09. The number of amides is 1. The lowest BCUT2D eigenvalue weighted by atomic mass is 9.89. The summed E-state index contributed by atoms with van der Waals surface area (Å²) in [6, 6.07) is 0.481. The van der Waals surface area contributed by atoms with Gasteiger partial charge in [0.25, 0.3) is 0 Å². The normalized spacial score (nSPS) is 27.8. The smallest absolute Gasteiger partial charge is 0.410 e. The minimum absolute atomic E-state index is 0.198. The lowest BCUT2D eigenvalue weighted by Crippen LogP contribution is -2.55. The summed E-state index contributed by atoms with van der Waals surface area (Å²) in [7, 11) is 1.78. The van der Waals surface area contributed by atoms with Crippen molar-refractivity contribution in [1.82, 2.24) is 10.2 Å². The minimum Gasteiger partial charge on any atom is -0.444 e. The van der Waals surface area contributed by atoms with Crippen molar-refractivity contribution in [1.29, 1.82) is 0 Å². The van der Waals surface area contributed by atoms with Crippen molar-refractivity contribution in [3.05, 3.63) is 0 Å². The number of hydrogen-bond donors (Lipinski definition) is 1. The maximum Gasteiger partial charge on any atom is 0.410 e. The van der Waals surface area contributed by atoms with Crippen LogP contribution in [0.3, 0.4) is 0 Å². The van der Waals surface area contributed by atoms with Crippen LogP contribution >= 0.6 is 0 Å². The van der Waals surface area contributed by atoms with E-state index < -0.39 is 5.60 Å². The zero-order chi connectivity index (χ0) is 17.8. The first kappa shape index (κ1) is 19.5. The molecular weight excluding hydrogens is 308 g/mol. The minimum atomic E-state index is -0.451. The molecule has 2 rings (SSSR count). The Morgan fingerprint density at radius 3 is 2.54 bits per heavy atom. The van der Waals surface area contributed by atoms with Gasteiger partial charge in [-0.1, -0.05) is 6.92 Å². The number of rotatable bonds is 4. The van der Waals surface area contributed by atoms with Crippen LogP contribution in [0.25, 0.3) is 0 Å². The van der Waals surface area contributed by atoms with Crippen molar-refractivity contribution < 1.29 is 19.0 Å². The topological polar surface area (TPSA) is 60.0 Å². The van der Waals surface area contributed by atoms with Crippen LogP contribution < -0.4 is 5.32 Å². The number of piperidine rings is 1. The summed E-state index contributed by atoms with van der Waals surface area (Å²) in [5.74, 6) is 0.523. The second kappa shape index (κ2) is 8.02. The van der Waals surface area contributed by atoms with Gasteiger partial charge in [0, 0.05) is 39.4 Å². The van der Waals surface area contributed by atoms with Gasteiger partial charge in [0.15, 0.2) is 0 Å². The van der Waals surface area contributed by atoms with Crippen molar-refractivity contribution in [2.24, 2.45) is 5.92 Å². The van der Waals surface area contributed by atoms with Crippen LogP contribution in [0.4, 0.5) is 4.79 Å². The van der Waals surface area contributed by atoms with E-state index in [1.165, 1.54) is 0 Å². The maximum absolute atomic E-state index is 12.2. The summed E-state index contributed by atoms with van der Waals surface area (Å²) >= 11 is 0. The summed E-state index contributed by atoms with van der Waals surface area (Å²) < 4.78 is 16.8. The zero-order valence-electron chi connectivity index (χ0n) is 15.9. The molecule has 0 aromatic carbocycles. The summed E-state index contributed by atoms with van der Waals surface area (Å²) in [6.45, 7) is 11.7. The first-order valence-corrected chi connectivity index (χ1v) is 9.09. The number of nitrogens with zero attached hydrogens (tertiary/aromatic N) is 1. The third-order valence-electron chi connectivity index (χ3n) is 5.09. The number of hydrogen-bond acceptors (Lipinski definition) is 5. The molecule has 6 nitrogen and oxygen atoms in total. The van der Waals surface area contributed by atoms with Gasteiger partial charge in [0.05, 0.1) is 12.2 Å². The van der Waals surface area contributed by atoms with Crippen molar-refractivity contribution >= 4 is 6.09 Å². The first-order chi connectivity index (χ1) is 11.2. The van der Waals surface area contributed by atoms with E-state index in [0.29, 0.717) is 25.0 Å². The molecule has 2 atom stereocenters. The monoisotopic (exact) mass is 342 g/mol. The molecule has 0 radical (unpaired) electrons. The number of carbonyl (C=O) groups is 1. The standard InChI is InChI=1S/C18H34N2O4/c1-14-12-23-11-6-15(14)19-13-18(22-5)7-9-20(10-8-18)16(21)24-17(2,3)4/h14-15,19H,6-13H2,1-5H3. The zero-order valence-corrected chi connectivity index (χ0v) is 15.9. The van der Waals surface area contributed by atoms with E-state index in [-0.39, 0.29) is 11.7 Å². The molecule has 2 unspecified atom stereocenters. The molecule has 2 saturated heterocycles. The molecule has 2 aliphatic rings. The molecule has 24 heavy (non-hydrogen) atoms. The average Bonchev–Trinajstić information content (AvgIpc) is 2.53. The van der Waals surface area contributed by atoms with Gasteiger partial charge < -0.3 is 24.4 Å². The van der Waals surface area contributed by atoms with Crippen molar-refractivity contribution in [3.8, 4) is 0 Å². The Balaban J connectivity index is 1.83. The van der Waals surface area contributed by atoms with Gasteiger partial charge in [0.1, 0.15) is 5.60 Å². The summed E-state index contributed by atoms with van der Waals surface area (Å²) in [6.07, 6.45) is 2.48. The molecule has 0 aliphatic carbocycles. The Hall–Kier alpha value is -0.850. The van der Waals surface area contributed by atoms with E-state index in [0.717, 1.165) is 39.0 Å². The van der Waals surface area contributed by atoms with Gasteiger partial charge in [-0.25, -0.2) is 4.79 Å². The van der Waals surface area contributed by atoms with Crippen LogP contribution in [-0.4, -0.2) is 68.2 Å². The van der Waals surface area contributed by atoms with Gasteiger partial charge in [-0.15, -0.1) is 0 Å². The maximum atomic E-state index is 12.2. The SMILES string of the molecule is COC1(CNC2CCOCC2C)CCN(C(=O)OC(C)(C)C)CC1. The molecule has 1 N–H and O–H groups in total. The van der Waals surface area contributed by atoms with Crippen LogP contribution in [0.15, 0.2) is 0 Å². The van der Waals surface area contributed by atoms with Gasteiger partial charge in [-0.3, -0.25) is 0 Å². The molecule has 0 spiro atoms. The predicted octanol–water partition coefficient (Wildman–Crippen LogP) is 2.42. The van der Waals surface area contributed by atoms with Crippen LogP contribution in [-0.2, 0) is 14.2 Å². The molecule has 2 fully saturated rings. The third-order valence-corrected chi connectivity index (χ3v) is 5.09. The highest BCUT2D eigenvalue weighted by atomic mass is 16.6. The van der Waals surface area contributed by atoms with E-state index in [1.807, 2.05) is 20.8 Å². The predicted molar refractivity (Wildman–Crippen MR) is 93.2 cm³/mol. The summed E-state index contributed by atoms with van der Waals surface area (Å²) in [4.78, 5) is 14.0. The average molecular weight is 342 g/mol. The fraction of sp³-hybridized carbons (Fsp3) is 0.944. The number of carbonyl (C=O) groups excluding carboxylic acids is 1. The molecule has 6 heteroatoms. The van der Waals surface area contributed by atoms with E-state index in [2.05, 4.69) is 12.2 Å². The Morgan fingerprint density at radius 2 is 2.00 bits per heavy atom. The highest BCUT2D eigenvalue weighted by Crippen LogP contribution is 2.27. The van der Waals surface area contributed by atoms with E-state index >= 15 is 0 Å². The Morgan fingerprint density at radius 1 is 1.33 bits per heavy atom. The lowest BCUT2D eigenvalue weighted by Gasteiger charge is -2.42. The number of likely N-dealkylation sites (tertiary alicyclic amines) is 1. The molecule has 140 valence electrons. The summed E-state index contributed by atoms with van der Waals surface area (Å²) in [5, 5.41) is 3.68. The molecule has 0 bridgehead atoms. The van der Waals surface area contributed by atoms with Crippen LogP contribution in [0.5, 0.6) is 0 Å². The number of methoxy groups -OCH3 is 1. The Bertz CT molecular complexity index is 414. The second-order valence-electron chi connectivity index (χ2n) is 8.18. The van der Waals surface area contributed by atoms with Crippen molar-refractivity contribution in [2.45, 2.75) is 64.2 Å². The molecule has 1 amide bonds. The largest absolute Gasteiger partial charge is 0.444 e. The van der Waals surface area contributed by atoms with Crippen molar-refractivity contribution in [3.63, 3.8) is 0 Å². The van der Waals surface area contributed by atoms with E-state index in [1.54, 1.807) is 12.0 Å².